The molecule has 0 bridgehead atoms. The molecule has 2 aromatic carbocycles. The molecule has 5 heteroatoms. The third-order valence-corrected chi connectivity index (χ3v) is 4.54. The minimum Gasteiger partial charge on any atom is -0.468 e. The van der Waals surface area contributed by atoms with Crippen LogP contribution in [0.2, 0.25) is 0 Å². The maximum absolute atomic E-state index is 12.6. The van der Waals surface area contributed by atoms with Crippen molar-refractivity contribution in [1.82, 2.24) is 10.2 Å². The van der Waals surface area contributed by atoms with E-state index < -0.39 is 0 Å². The van der Waals surface area contributed by atoms with Gasteiger partial charge < -0.3 is 10.1 Å². The highest BCUT2D eigenvalue weighted by Crippen LogP contribution is 2.19. The quantitative estimate of drug-likeness (QED) is 0.875. The van der Waals surface area contributed by atoms with E-state index in [-0.39, 0.29) is 17.9 Å². The number of methoxy groups -OCH3 is 1. The number of amides is 1. The molecule has 1 aliphatic heterocycles. The van der Waals surface area contributed by atoms with Crippen LogP contribution in [0, 0.1) is 0 Å². The molecule has 1 N–H and O–H groups in total. The second-order valence-electron chi connectivity index (χ2n) is 6.13. The van der Waals surface area contributed by atoms with Crippen LogP contribution in [0.25, 0.3) is 10.8 Å². The van der Waals surface area contributed by atoms with Crippen LogP contribution in [0.15, 0.2) is 42.5 Å². The Morgan fingerprint density at radius 3 is 2.58 bits per heavy atom. The third-order valence-electron chi connectivity index (χ3n) is 4.54. The molecule has 1 aliphatic rings. The van der Waals surface area contributed by atoms with Crippen molar-refractivity contribution in [2.45, 2.75) is 18.9 Å². The Morgan fingerprint density at radius 2 is 1.83 bits per heavy atom. The fraction of sp³-hybridized carbons (Fsp3) is 0.368. The highest BCUT2D eigenvalue weighted by Gasteiger charge is 2.23. The van der Waals surface area contributed by atoms with Gasteiger partial charge in [0.2, 0.25) is 0 Å². The van der Waals surface area contributed by atoms with E-state index in [1.54, 1.807) is 0 Å². The van der Waals surface area contributed by atoms with Crippen LogP contribution in [0.3, 0.4) is 0 Å². The van der Waals surface area contributed by atoms with Gasteiger partial charge in [0.25, 0.3) is 5.91 Å². The Hall–Kier alpha value is -2.40. The molecule has 2 aromatic rings. The lowest BCUT2D eigenvalue weighted by Crippen LogP contribution is -2.46. The predicted octanol–water partition coefficient (Wildman–Crippen LogP) is 2.21. The van der Waals surface area contributed by atoms with Crippen molar-refractivity contribution in [3.63, 3.8) is 0 Å². The normalized spacial score (nSPS) is 16.0. The topological polar surface area (TPSA) is 58.6 Å². The molecule has 0 spiro atoms. The molecular weight excluding hydrogens is 304 g/mol. The summed E-state index contributed by atoms with van der Waals surface area (Å²) in [5.74, 6) is -0.244. The van der Waals surface area contributed by atoms with E-state index >= 15 is 0 Å². The number of carbonyl (C=O) groups is 2. The average molecular weight is 326 g/mol. The van der Waals surface area contributed by atoms with Gasteiger partial charge in [0.15, 0.2) is 0 Å². The number of nitrogens with one attached hydrogen (secondary N) is 1. The van der Waals surface area contributed by atoms with Crippen molar-refractivity contribution in [1.29, 1.82) is 0 Å². The summed E-state index contributed by atoms with van der Waals surface area (Å²) in [6.07, 6.45) is 1.68. The molecule has 3 rings (SSSR count). The SMILES string of the molecule is COC(=O)CN1CCC(NC(=O)c2cccc3ccccc23)CC1. The predicted molar refractivity (Wildman–Crippen MR) is 92.9 cm³/mol. The smallest absolute Gasteiger partial charge is 0.319 e. The number of hydrogen-bond acceptors (Lipinski definition) is 4. The maximum atomic E-state index is 12.6. The largest absolute Gasteiger partial charge is 0.468 e. The van der Waals surface area contributed by atoms with E-state index in [0.29, 0.717) is 12.1 Å². The lowest BCUT2D eigenvalue weighted by molar-refractivity contribution is -0.142. The zero-order chi connectivity index (χ0) is 16.9. The molecule has 0 saturated carbocycles. The minimum atomic E-state index is -0.215. The maximum Gasteiger partial charge on any atom is 0.319 e. The average Bonchev–Trinajstić information content (AvgIpc) is 2.62. The Morgan fingerprint density at radius 1 is 1.12 bits per heavy atom. The first-order valence-corrected chi connectivity index (χ1v) is 8.25. The molecule has 1 saturated heterocycles. The number of esters is 1. The monoisotopic (exact) mass is 326 g/mol. The highest BCUT2D eigenvalue weighted by atomic mass is 16.5. The zero-order valence-electron chi connectivity index (χ0n) is 13.8. The number of piperidine rings is 1. The molecule has 1 heterocycles. The molecule has 24 heavy (non-hydrogen) atoms. The van der Waals surface area contributed by atoms with Crippen LogP contribution in [0.5, 0.6) is 0 Å². The van der Waals surface area contributed by atoms with E-state index in [1.165, 1.54) is 7.11 Å². The van der Waals surface area contributed by atoms with Gasteiger partial charge in [-0.25, -0.2) is 0 Å². The first-order valence-electron chi connectivity index (χ1n) is 8.25. The number of rotatable bonds is 4. The van der Waals surface area contributed by atoms with E-state index in [4.69, 9.17) is 4.74 Å². The van der Waals surface area contributed by atoms with Crippen LogP contribution >= 0.6 is 0 Å². The molecule has 0 unspecified atom stereocenters. The summed E-state index contributed by atoms with van der Waals surface area (Å²) in [6.45, 7) is 1.89. The number of ether oxygens (including phenoxy) is 1. The lowest BCUT2D eigenvalue weighted by Gasteiger charge is -2.31. The summed E-state index contributed by atoms with van der Waals surface area (Å²) in [6, 6.07) is 13.8. The van der Waals surface area contributed by atoms with Crippen LogP contribution in [0.4, 0.5) is 0 Å². The van der Waals surface area contributed by atoms with E-state index in [9.17, 15) is 9.59 Å². The first-order chi connectivity index (χ1) is 11.7. The molecule has 0 atom stereocenters. The van der Waals surface area contributed by atoms with Crippen molar-refractivity contribution < 1.29 is 14.3 Å². The second-order valence-corrected chi connectivity index (χ2v) is 6.13. The summed E-state index contributed by atoms with van der Waals surface area (Å²) in [4.78, 5) is 26.0. The molecule has 0 aromatic heterocycles. The van der Waals surface area contributed by atoms with Crippen LogP contribution in [-0.4, -0.2) is 49.6 Å². The molecule has 0 aliphatic carbocycles. The van der Waals surface area contributed by atoms with Crippen molar-refractivity contribution in [3.8, 4) is 0 Å². The van der Waals surface area contributed by atoms with Crippen LogP contribution in [-0.2, 0) is 9.53 Å². The van der Waals surface area contributed by atoms with Crippen LogP contribution in [0.1, 0.15) is 23.2 Å². The highest BCUT2D eigenvalue weighted by molar-refractivity contribution is 6.07. The molecular formula is C19H22N2O3. The number of likely N-dealkylation sites (tertiary alicyclic amines) is 1. The number of fused-ring (bicyclic) bond motifs is 1. The Labute approximate surface area is 141 Å². The van der Waals surface area contributed by atoms with Gasteiger partial charge in [-0.05, 0) is 29.7 Å². The summed E-state index contributed by atoms with van der Waals surface area (Å²) in [7, 11) is 1.40. The van der Waals surface area contributed by atoms with E-state index in [0.717, 1.165) is 36.7 Å². The third kappa shape index (κ3) is 3.74. The molecule has 0 radical (unpaired) electrons. The van der Waals surface area contributed by atoms with Crippen molar-refractivity contribution >= 4 is 22.6 Å². The van der Waals surface area contributed by atoms with E-state index in [1.807, 2.05) is 42.5 Å². The lowest BCUT2D eigenvalue weighted by atomic mass is 10.0. The fourth-order valence-corrected chi connectivity index (χ4v) is 3.17. The molecule has 1 fully saturated rings. The Balaban J connectivity index is 1.61. The van der Waals surface area contributed by atoms with Crippen LogP contribution < -0.4 is 5.32 Å². The van der Waals surface area contributed by atoms with Crippen molar-refractivity contribution in [3.05, 3.63) is 48.0 Å². The molecule has 5 nitrogen and oxygen atoms in total. The van der Waals surface area contributed by atoms with Gasteiger partial charge in [-0.15, -0.1) is 0 Å². The van der Waals surface area contributed by atoms with E-state index in [2.05, 4.69) is 10.2 Å². The van der Waals surface area contributed by atoms with Gasteiger partial charge in [0.1, 0.15) is 0 Å². The van der Waals surface area contributed by atoms with Gasteiger partial charge >= 0.3 is 5.97 Å². The summed E-state index contributed by atoms with van der Waals surface area (Å²) < 4.78 is 4.69. The molecule has 1 amide bonds. The fourth-order valence-electron chi connectivity index (χ4n) is 3.17. The first kappa shape index (κ1) is 16.5. The summed E-state index contributed by atoms with van der Waals surface area (Å²) in [5.41, 5.74) is 0.713. The van der Waals surface area contributed by atoms with Gasteiger partial charge in [-0.2, -0.15) is 0 Å². The van der Waals surface area contributed by atoms with Crippen molar-refractivity contribution in [2.24, 2.45) is 0 Å². The van der Waals surface area contributed by atoms with Gasteiger partial charge in [-0.3, -0.25) is 14.5 Å². The Bertz CT molecular complexity index is 731. The van der Waals surface area contributed by atoms with Gasteiger partial charge in [0.05, 0.1) is 13.7 Å². The Kier molecular flexibility index (Phi) is 5.11. The molecule has 126 valence electrons. The number of hydrogen-bond donors (Lipinski definition) is 1. The number of carbonyl (C=O) groups excluding carboxylic acids is 2. The minimum absolute atomic E-state index is 0.0294. The number of nitrogens with zero attached hydrogens (tertiary/aromatic N) is 1. The summed E-state index contributed by atoms with van der Waals surface area (Å²) >= 11 is 0. The van der Waals surface area contributed by atoms with Gasteiger partial charge in [-0.1, -0.05) is 36.4 Å². The standard InChI is InChI=1S/C19H22N2O3/c1-24-18(22)13-21-11-9-15(10-12-21)20-19(23)17-8-4-6-14-5-2-3-7-16(14)17/h2-8,15H,9-13H2,1H3,(H,20,23). The summed E-state index contributed by atoms with van der Waals surface area (Å²) in [5, 5.41) is 5.17. The number of benzene rings is 2. The van der Waals surface area contributed by atoms with Crippen molar-refractivity contribution in [2.75, 3.05) is 26.7 Å². The second kappa shape index (κ2) is 7.45. The zero-order valence-corrected chi connectivity index (χ0v) is 13.8. The van der Waals surface area contributed by atoms with Gasteiger partial charge in [0, 0.05) is 24.7 Å².